The monoisotopic (exact) mass is 507 g/mol. The number of hydrogen-bond donors (Lipinski definition) is 0. The van der Waals surface area contributed by atoms with Gasteiger partial charge in [0.15, 0.2) is 0 Å². The zero-order valence-electron chi connectivity index (χ0n) is 21.4. The first-order valence-corrected chi connectivity index (χ1v) is 13.8. The third-order valence-electron chi connectivity index (χ3n) is 6.27. The first kappa shape index (κ1) is 27.2. The highest BCUT2D eigenvalue weighted by Crippen LogP contribution is 2.40. The molecule has 0 saturated heterocycles. The number of nitrogens with zero attached hydrogens (tertiary/aromatic N) is 3. The van der Waals surface area contributed by atoms with Crippen LogP contribution in [0, 0.1) is 0 Å². The molecule has 1 aliphatic rings. The fourth-order valence-electron chi connectivity index (χ4n) is 4.81. The van der Waals surface area contributed by atoms with Crippen molar-refractivity contribution in [2.24, 2.45) is 5.11 Å². The van der Waals surface area contributed by atoms with Crippen LogP contribution in [0.1, 0.15) is 41.0 Å². The fourth-order valence-corrected chi connectivity index (χ4v) is 9.43. The van der Waals surface area contributed by atoms with Gasteiger partial charge in [0.25, 0.3) is 8.32 Å². The van der Waals surface area contributed by atoms with Crippen molar-refractivity contribution in [2.45, 2.75) is 64.3 Å². The summed E-state index contributed by atoms with van der Waals surface area (Å²) < 4.78 is 18.2. The van der Waals surface area contributed by atoms with Crippen molar-refractivity contribution in [3.05, 3.63) is 82.8 Å². The van der Waals surface area contributed by atoms with Crippen LogP contribution in [0.25, 0.3) is 10.4 Å². The molecule has 0 unspecified atom stereocenters. The average Bonchev–Trinajstić information content (AvgIpc) is 2.83. The molecule has 0 radical (unpaired) electrons. The Morgan fingerprint density at radius 3 is 2.00 bits per heavy atom. The van der Waals surface area contributed by atoms with Gasteiger partial charge in [0.2, 0.25) is 0 Å². The Kier molecular flexibility index (Phi) is 8.73. The van der Waals surface area contributed by atoms with Gasteiger partial charge in [-0.1, -0.05) is 92.6 Å². The van der Waals surface area contributed by atoms with Crippen LogP contribution in [0.2, 0.25) is 5.04 Å². The molecule has 0 fully saturated rings. The van der Waals surface area contributed by atoms with Crippen molar-refractivity contribution < 1.29 is 23.5 Å². The van der Waals surface area contributed by atoms with E-state index in [9.17, 15) is 15.1 Å². The van der Waals surface area contributed by atoms with Gasteiger partial charge in [-0.3, -0.25) is 9.59 Å². The van der Waals surface area contributed by atoms with Gasteiger partial charge in [-0.05, 0) is 32.9 Å². The zero-order valence-corrected chi connectivity index (χ0v) is 22.4. The van der Waals surface area contributed by atoms with Crippen molar-refractivity contribution in [3.8, 4) is 0 Å². The molecule has 0 amide bonds. The quantitative estimate of drug-likeness (QED) is 0.131. The zero-order chi connectivity index (χ0) is 26.3. The fraction of sp³-hybridized carbons (Fsp3) is 0.407. The molecule has 0 saturated carbocycles. The van der Waals surface area contributed by atoms with Gasteiger partial charge in [-0.15, -0.1) is 0 Å². The lowest BCUT2D eigenvalue weighted by Crippen LogP contribution is -2.69. The van der Waals surface area contributed by atoms with Gasteiger partial charge >= 0.3 is 11.9 Å². The Labute approximate surface area is 213 Å². The molecule has 0 heterocycles. The molecule has 3 atom stereocenters. The molecule has 0 aliphatic heterocycles. The number of ether oxygens (including phenoxy) is 2. The molecule has 0 bridgehead atoms. The summed E-state index contributed by atoms with van der Waals surface area (Å²) in [5, 5.41) is 5.74. The van der Waals surface area contributed by atoms with Crippen LogP contribution >= 0.6 is 0 Å². The Morgan fingerprint density at radius 2 is 1.56 bits per heavy atom. The number of carbonyl (C=O) groups excluding carboxylic acids is 2. The lowest BCUT2D eigenvalue weighted by Gasteiger charge is -2.47. The molecule has 36 heavy (non-hydrogen) atoms. The van der Waals surface area contributed by atoms with Crippen molar-refractivity contribution in [3.63, 3.8) is 0 Å². The highest BCUT2D eigenvalue weighted by atomic mass is 28.4. The van der Waals surface area contributed by atoms with Gasteiger partial charge in [0, 0.05) is 18.8 Å². The second-order valence-corrected chi connectivity index (χ2v) is 14.2. The van der Waals surface area contributed by atoms with Crippen molar-refractivity contribution >= 4 is 30.6 Å². The normalized spacial score (nSPS) is 20.0. The molecule has 8 nitrogen and oxygen atoms in total. The predicted octanol–water partition coefficient (Wildman–Crippen LogP) is 4.44. The average molecular weight is 508 g/mol. The van der Waals surface area contributed by atoms with E-state index < -0.39 is 38.5 Å². The van der Waals surface area contributed by atoms with Gasteiger partial charge in [-0.25, -0.2) is 0 Å². The Hall–Kier alpha value is -3.39. The van der Waals surface area contributed by atoms with E-state index in [0.717, 1.165) is 15.9 Å². The summed E-state index contributed by atoms with van der Waals surface area (Å²) in [4.78, 5) is 26.6. The Bertz CT molecular complexity index is 1100. The summed E-state index contributed by atoms with van der Waals surface area (Å²) >= 11 is 0. The molecule has 190 valence electrons. The van der Waals surface area contributed by atoms with E-state index in [2.05, 4.69) is 55.1 Å². The van der Waals surface area contributed by atoms with Gasteiger partial charge in [0.1, 0.15) is 18.8 Å². The lowest BCUT2D eigenvalue weighted by molar-refractivity contribution is -0.152. The summed E-state index contributed by atoms with van der Waals surface area (Å²) in [6, 6.07) is 19.5. The summed E-state index contributed by atoms with van der Waals surface area (Å²) in [6.07, 6.45) is 0.589. The van der Waals surface area contributed by atoms with E-state index in [0.29, 0.717) is 0 Å². The number of rotatable bonds is 8. The minimum absolute atomic E-state index is 0.0418. The van der Waals surface area contributed by atoms with Crippen molar-refractivity contribution in [1.82, 2.24) is 0 Å². The smallest absolute Gasteiger partial charge is 0.303 e. The Balaban J connectivity index is 2.22. The van der Waals surface area contributed by atoms with Crippen LogP contribution in [-0.4, -0.2) is 45.1 Å². The maximum atomic E-state index is 12.1. The number of benzene rings is 2. The second-order valence-electron chi connectivity index (χ2n) is 9.90. The number of esters is 2. The maximum absolute atomic E-state index is 12.1. The van der Waals surface area contributed by atoms with E-state index >= 15 is 0 Å². The third kappa shape index (κ3) is 6.05. The molecular weight excluding hydrogens is 474 g/mol. The third-order valence-corrected chi connectivity index (χ3v) is 11.3. The van der Waals surface area contributed by atoms with Gasteiger partial charge in [0.05, 0.1) is 6.04 Å². The second kappa shape index (κ2) is 11.6. The minimum Gasteiger partial charge on any atom is -0.461 e. The Morgan fingerprint density at radius 1 is 1.00 bits per heavy atom. The van der Waals surface area contributed by atoms with Crippen LogP contribution in [-0.2, 0) is 23.5 Å². The van der Waals surface area contributed by atoms with Crippen LogP contribution in [0.3, 0.4) is 0 Å². The van der Waals surface area contributed by atoms with Gasteiger partial charge in [-0.2, -0.15) is 0 Å². The summed E-state index contributed by atoms with van der Waals surface area (Å²) in [6.45, 7) is 9.16. The SMILES string of the molecule is CC(=O)OCC1=C[C@H](O[Si](c2ccccc2)(c2ccccc2)C(C)(C)C)[C@@H](OC(C)=O)[C@@H](N=[N+]=[N-])C1. The van der Waals surface area contributed by atoms with Crippen LogP contribution in [0.5, 0.6) is 0 Å². The number of carbonyl (C=O) groups is 2. The summed E-state index contributed by atoms with van der Waals surface area (Å²) in [7, 11) is -3.03. The first-order chi connectivity index (χ1) is 17.1. The molecule has 2 aromatic carbocycles. The van der Waals surface area contributed by atoms with Crippen molar-refractivity contribution in [2.75, 3.05) is 6.61 Å². The van der Waals surface area contributed by atoms with E-state index in [-0.39, 0.29) is 18.1 Å². The van der Waals surface area contributed by atoms with E-state index in [1.165, 1.54) is 13.8 Å². The van der Waals surface area contributed by atoms with Gasteiger partial charge < -0.3 is 13.9 Å². The number of azide groups is 1. The molecular formula is C27H33N3O5Si. The number of hydrogen-bond acceptors (Lipinski definition) is 6. The summed E-state index contributed by atoms with van der Waals surface area (Å²) in [5.74, 6) is -0.908. The minimum atomic E-state index is -3.03. The maximum Gasteiger partial charge on any atom is 0.303 e. The molecule has 0 aromatic heterocycles. The molecule has 9 heteroatoms. The van der Waals surface area contributed by atoms with Crippen molar-refractivity contribution in [1.29, 1.82) is 0 Å². The molecule has 2 aromatic rings. The highest BCUT2D eigenvalue weighted by molar-refractivity contribution is 6.99. The topological polar surface area (TPSA) is 111 Å². The van der Waals surface area contributed by atoms with Crippen LogP contribution in [0.15, 0.2) is 77.4 Å². The molecule has 0 N–H and O–H groups in total. The largest absolute Gasteiger partial charge is 0.461 e. The first-order valence-electron chi connectivity index (χ1n) is 11.9. The van der Waals surface area contributed by atoms with E-state index in [1.807, 2.05) is 42.5 Å². The molecule has 1 aliphatic carbocycles. The highest BCUT2D eigenvalue weighted by Gasteiger charge is 2.53. The van der Waals surface area contributed by atoms with Crippen LogP contribution in [0.4, 0.5) is 0 Å². The standard InChI is InChI=1S/C27H33N3O5Si/c1-19(31)33-18-21-16-24(29-30-28)26(34-20(2)32)25(17-21)35-36(27(3,4)5,22-12-8-6-9-13-22)23-14-10-7-11-15-23/h6-15,17,24-26H,16,18H2,1-5H3/t24-,25-,26-/m0/s1. The molecule has 0 spiro atoms. The van der Waals surface area contributed by atoms with E-state index in [4.69, 9.17) is 13.9 Å². The van der Waals surface area contributed by atoms with E-state index in [1.54, 1.807) is 0 Å². The molecule has 3 rings (SSSR count). The lowest BCUT2D eigenvalue weighted by atomic mass is 9.91. The van der Waals surface area contributed by atoms with Crippen LogP contribution < -0.4 is 10.4 Å². The predicted molar refractivity (Wildman–Crippen MR) is 140 cm³/mol. The summed E-state index contributed by atoms with van der Waals surface area (Å²) in [5.41, 5.74) is 10.0.